The highest BCUT2D eigenvalue weighted by molar-refractivity contribution is 7.10. The standard InChI is InChI=1S/C7H8OS/c1-2-6(8)7-4-3-5-9-7/h2-6,8H,1H2/t6-/m0/s1. The van der Waals surface area contributed by atoms with Crippen molar-refractivity contribution in [1.82, 2.24) is 0 Å². The minimum absolute atomic E-state index is 0.481. The predicted molar refractivity (Wildman–Crippen MR) is 39.5 cm³/mol. The molecule has 9 heavy (non-hydrogen) atoms. The Bertz CT molecular complexity index is 179. The summed E-state index contributed by atoms with van der Waals surface area (Å²) in [7, 11) is 0. The minimum atomic E-state index is -0.481. The van der Waals surface area contributed by atoms with E-state index in [4.69, 9.17) is 5.11 Å². The second kappa shape index (κ2) is 2.80. The van der Waals surface area contributed by atoms with Crippen LogP contribution in [-0.4, -0.2) is 5.11 Å². The summed E-state index contributed by atoms with van der Waals surface area (Å²) in [4.78, 5) is 0.949. The quantitative estimate of drug-likeness (QED) is 0.623. The first-order valence-corrected chi connectivity index (χ1v) is 3.56. The van der Waals surface area contributed by atoms with Gasteiger partial charge in [0.2, 0.25) is 0 Å². The molecule has 1 N–H and O–H groups in total. The first kappa shape index (κ1) is 6.52. The second-order valence-corrected chi connectivity index (χ2v) is 2.68. The van der Waals surface area contributed by atoms with Gasteiger partial charge in [-0.1, -0.05) is 12.1 Å². The third-order valence-electron chi connectivity index (χ3n) is 1.06. The molecular formula is C7H8OS. The molecule has 48 valence electrons. The predicted octanol–water partition coefficient (Wildman–Crippen LogP) is 1.97. The summed E-state index contributed by atoms with van der Waals surface area (Å²) in [6.07, 6.45) is 1.04. The molecule has 2 heteroatoms. The summed E-state index contributed by atoms with van der Waals surface area (Å²) in [5, 5.41) is 11.0. The van der Waals surface area contributed by atoms with E-state index in [1.807, 2.05) is 17.5 Å². The van der Waals surface area contributed by atoms with Crippen LogP contribution in [0.15, 0.2) is 30.2 Å². The number of thiophene rings is 1. The van der Waals surface area contributed by atoms with E-state index in [9.17, 15) is 0 Å². The monoisotopic (exact) mass is 140 g/mol. The third-order valence-corrected chi connectivity index (χ3v) is 2.00. The van der Waals surface area contributed by atoms with Gasteiger partial charge >= 0.3 is 0 Å². The maximum Gasteiger partial charge on any atom is 0.106 e. The van der Waals surface area contributed by atoms with E-state index in [-0.39, 0.29) is 0 Å². The molecule has 0 saturated heterocycles. The molecule has 0 aromatic carbocycles. The number of aliphatic hydroxyl groups excluding tert-OH is 1. The zero-order chi connectivity index (χ0) is 6.69. The molecule has 0 amide bonds. The van der Waals surface area contributed by atoms with Crippen LogP contribution in [0.4, 0.5) is 0 Å². The summed E-state index contributed by atoms with van der Waals surface area (Å²) < 4.78 is 0. The van der Waals surface area contributed by atoms with Crippen molar-refractivity contribution in [2.75, 3.05) is 0 Å². The molecule has 1 nitrogen and oxygen atoms in total. The van der Waals surface area contributed by atoms with Gasteiger partial charge in [0.05, 0.1) is 0 Å². The zero-order valence-corrected chi connectivity index (χ0v) is 5.77. The van der Waals surface area contributed by atoms with Gasteiger partial charge in [-0.15, -0.1) is 17.9 Å². The van der Waals surface area contributed by atoms with Gasteiger partial charge in [-0.05, 0) is 11.4 Å². The SMILES string of the molecule is C=C[C@H](O)c1cccs1. The third kappa shape index (κ3) is 1.40. The molecule has 0 spiro atoms. The molecule has 0 saturated carbocycles. The molecule has 0 unspecified atom stereocenters. The molecular weight excluding hydrogens is 132 g/mol. The molecule has 0 aliphatic rings. The largest absolute Gasteiger partial charge is 0.383 e. The molecule has 1 aromatic rings. The van der Waals surface area contributed by atoms with Crippen LogP contribution in [0, 0.1) is 0 Å². The summed E-state index contributed by atoms with van der Waals surface area (Å²) in [5.41, 5.74) is 0. The summed E-state index contributed by atoms with van der Waals surface area (Å²) in [6, 6.07) is 3.80. The number of rotatable bonds is 2. The van der Waals surface area contributed by atoms with Crippen molar-refractivity contribution in [3.8, 4) is 0 Å². The number of hydrogen-bond acceptors (Lipinski definition) is 2. The van der Waals surface area contributed by atoms with Crippen molar-refractivity contribution in [1.29, 1.82) is 0 Å². The van der Waals surface area contributed by atoms with Crippen LogP contribution in [0.25, 0.3) is 0 Å². The molecule has 1 atom stereocenters. The molecule has 1 rings (SSSR count). The van der Waals surface area contributed by atoms with Crippen LogP contribution in [-0.2, 0) is 0 Å². The van der Waals surface area contributed by atoms with Gasteiger partial charge in [-0.25, -0.2) is 0 Å². The molecule has 0 radical (unpaired) electrons. The first-order valence-electron chi connectivity index (χ1n) is 2.68. The summed E-state index contributed by atoms with van der Waals surface area (Å²) in [6.45, 7) is 3.47. The van der Waals surface area contributed by atoms with Crippen molar-refractivity contribution < 1.29 is 5.11 Å². The van der Waals surface area contributed by atoms with E-state index in [1.54, 1.807) is 0 Å². The van der Waals surface area contributed by atoms with Gasteiger partial charge in [0, 0.05) is 4.88 Å². The van der Waals surface area contributed by atoms with Gasteiger partial charge in [-0.3, -0.25) is 0 Å². The Hall–Kier alpha value is -0.600. The highest BCUT2D eigenvalue weighted by Crippen LogP contribution is 2.18. The fourth-order valence-corrected chi connectivity index (χ4v) is 1.28. The summed E-state index contributed by atoms with van der Waals surface area (Å²) >= 11 is 1.53. The second-order valence-electron chi connectivity index (χ2n) is 1.70. The molecule has 1 heterocycles. The van der Waals surface area contributed by atoms with Crippen LogP contribution in [0.1, 0.15) is 11.0 Å². The van der Waals surface area contributed by atoms with Gasteiger partial charge in [0.25, 0.3) is 0 Å². The lowest BCUT2D eigenvalue weighted by atomic mass is 10.3. The van der Waals surface area contributed by atoms with Gasteiger partial charge in [-0.2, -0.15) is 0 Å². The molecule has 0 aliphatic heterocycles. The Balaban J connectivity index is 2.76. The molecule has 1 aromatic heterocycles. The highest BCUT2D eigenvalue weighted by atomic mass is 32.1. The minimum Gasteiger partial charge on any atom is -0.383 e. The average molecular weight is 140 g/mol. The normalized spacial score (nSPS) is 13.0. The topological polar surface area (TPSA) is 20.2 Å². The maximum atomic E-state index is 9.11. The van der Waals surface area contributed by atoms with Gasteiger partial charge in [0.1, 0.15) is 6.10 Å². The van der Waals surface area contributed by atoms with Crippen LogP contribution in [0.2, 0.25) is 0 Å². The van der Waals surface area contributed by atoms with E-state index in [0.29, 0.717) is 0 Å². The van der Waals surface area contributed by atoms with Crippen molar-refractivity contribution >= 4 is 11.3 Å². The Labute approximate surface area is 58.3 Å². The lowest BCUT2D eigenvalue weighted by Gasteiger charge is -1.97. The Morgan fingerprint density at radius 3 is 3.00 bits per heavy atom. The van der Waals surface area contributed by atoms with E-state index < -0.39 is 6.10 Å². The maximum absolute atomic E-state index is 9.11. The molecule has 0 fully saturated rings. The van der Waals surface area contributed by atoms with E-state index in [0.717, 1.165) is 4.88 Å². The lowest BCUT2D eigenvalue weighted by Crippen LogP contribution is -1.85. The van der Waals surface area contributed by atoms with Crippen LogP contribution in [0.3, 0.4) is 0 Å². The Morgan fingerprint density at radius 1 is 1.78 bits per heavy atom. The molecule has 0 aliphatic carbocycles. The van der Waals surface area contributed by atoms with Crippen LogP contribution < -0.4 is 0 Å². The van der Waals surface area contributed by atoms with E-state index >= 15 is 0 Å². The van der Waals surface area contributed by atoms with Crippen molar-refractivity contribution in [2.45, 2.75) is 6.10 Å². The van der Waals surface area contributed by atoms with Crippen LogP contribution in [0.5, 0.6) is 0 Å². The van der Waals surface area contributed by atoms with Gasteiger partial charge in [0.15, 0.2) is 0 Å². The highest BCUT2D eigenvalue weighted by Gasteiger charge is 2.00. The van der Waals surface area contributed by atoms with Crippen molar-refractivity contribution in [3.05, 3.63) is 35.0 Å². The Morgan fingerprint density at radius 2 is 2.56 bits per heavy atom. The van der Waals surface area contributed by atoms with Crippen LogP contribution >= 0.6 is 11.3 Å². The van der Waals surface area contributed by atoms with Gasteiger partial charge < -0.3 is 5.11 Å². The smallest absolute Gasteiger partial charge is 0.106 e. The lowest BCUT2D eigenvalue weighted by molar-refractivity contribution is 0.233. The average Bonchev–Trinajstić information content (AvgIpc) is 2.37. The summed E-state index contributed by atoms with van der Waals surface area (Å²) in [5.74, 6) is 0. The van der Waals surface area contributed by atoms with Crippen molar-refractivity contribution in [3.63, 3.8) is 0 Å². The van der Waals surface area contributed by atoms with E-state index in [2.05, 4.69) is 6.58 Å². The number of aliphatic hydroxyl groups is 1. The number of hydrogen-bond donors (Lipinski definition) is 1. The first-order chi connectivity index (χ1) is 4.34. The van der Waals surface area contributed by atoms with Crippen molar-refractivity contribution in [2.24, 2.45) is 0 Å². The van der Waals surface area contributed by atoms with E-state index in [1.165, 1.54) is 17.4 Å². The molecule has 0 bridgehead atoms. The Kier molecular flexibility index (Phi) is 2.03. The zero-order valence-electron chi connectivity index (χ0n) is 4.95. The fourth-order valence-electron chi connectivity index (χ4n) is 0.576. The fraction of sp³-hybridized carbons (Fsp3) is 0.143.